The molecule has 0 unspecified atom stereocenters. The second kappa shape index (κ2) is 5.70. The van der Waals surface area contributed by atoms with E-state index in [2.05, 4.69) is 15.2 Å². The van der Waals surface area contributed by atoms with Gasteiger partial charge in [0.05, 0.1) is 17.1 Å². The maximum atomic E-state index is 13.8. The molecule has 0 bridgehead atoms. The minimum Gasteiger partial charge on any atom is -0.462 e. The van der Waals surface area contributed by atoms with Gasteiger partial charge in [0, 0.05) is 5.69 Å². The molecule has 0 amide bonds. The summed E-state index contributed by atoms with van der Waals surface area (Å²) in [6.07, 6.45) is 1.31. The lowest BCUT2D eigenvalue weighted by Crippen LogP contribution is -2.08. The van der Waals surface area contributed by atoms with E-state index in [1.807, 2.05) is 0 Å². The highest BCUT2D eigenvalue weighted by atomic mass is 32.2. The molecule has 0 saturated carbocycles. The number of aromatic amines is 1. The van der Waals surface area contributed by atoms with Crippen molar-refractivity contribution in [2.24, 2.45) is 0 Å². The van der Waals surface area contributed by atoms with Crippen LogP contribution in [0.3, 0.4) is 0 Å². The zero-order chi connectivity index (χ0) is 13.8. The molecule has 0 spiro atoms. The summed E-state index contributed by atoms with van der Waals surface area (Å²) < 4.78 is 18.6. The monoisotopic (exact) mass is 282 g/mol. The van der Waals surface area contributed by atoms with Crippen molar-refractivity contribution in [2.45, 2.75) is 17.0 Å². The standard InChI is InChI=1S/C11H11FN4O2S/c1-2-18-10(17)6-3-9(7(12)4-8(6)13)19-11-14-5-15-16-11/h3-5H,2,13H2,1H3,(H,14,15,16). The van der Waals surface area contributed by atoms with Crippen LogP contribution in [0.4, 0.5) is 10.1 Å². The Bertz CT molecular complexity index is 589. The lowest BCUT2D eigenvalue weighted by Gasteiger charge is -2.08. The van der Waals surface area contributed by atoms with Gasteiger partial charge in [-0.15, -0.1) is 0 Å². The van der Waals surface area contributed by atoms with E-state index < -0.39 is 11.8 Å². The molecule has 0 aliphatic rings. The van der Waals surface area contributed by atoms with Crippen LogP contribution in [-0.4, -0.2) is 27.8 Å². The van der Waals surface area contributed by atoms with Crippen molar-refractivity contribution in [3.8, 4) is 0 Å². The summed E-state index contributed by atoms with van der Waals surface area (Å²) >= 11 is 1.01. The van der Waals surface area contributed by atoms with Gasteiger partial charge >= 0.3 is 5.97 Å². The Kier molecular flexibility index (Phi) is 4.00. The second-order valence-corrected chi connectivity index (χ2v) is 4.51. The molecular weight excluding hydrogens is 271 g/mol. The van der Waals surface area contributed by atoms with Crippen molar-refractivity contribution in [3.63, 3.8) is 0 Å². The number of hydrogen-bond donors (Lipinski definition) is 2. The molecule has 0 fully saturated rings. The number of nitrogens with zero attached hydrogens (tertiary/aromatic N) is 2. The third-order valence-corrected chi connectivity index (χ3v) is 3.12. The summed E-state index contributed by atoms with van der Waals surface area (Å²) in [5.41, 5.74) is 5.78. The average Bonchev–Trinajstić information content (AvgIpc) is 2.85. The molecule has 2 rings (SSSR count). The third kappa shape index (κ3) is 3.02. The summed E-state index contributed by atoms with van der Waals surface area (Å²) in [6.45, 7) is 1.90. The van der Waals surface area contributed by atoms with Crippen LogP contribution in [0.2, 0.25) is 0 Å². The number of rotatable bonds is 4. The summed E-state index contributed by atoms with van der Waals surface area (Å²) in [4.78, 5) is 15.7. The van der Waals surface area contributed by atoms with Crippen LogP contribution in [0.5, 0.6) is 0 Å². The fourth-order valence-corrected chi connectivity index (χ4v) is 2.12. The first-order valence-corrected chi connectivity index (χ1v) is 6.22. The summed E-state index contributed by atoms with van der Waals surface area (Å²) in [5.74, 6) is -1.12. The molecule has 2 aromatic rings. The van der Waals surface area contributed by atoms with E-state index in [0.717, 1.165) is 17.8 Å². The molecule has 0 aliphatic heterocycles. The lowest BCUT2D eigenvalue weighted by atomic mass is 10.2. The zero-order valence-electron chi connectivity index (χ0n) is 10.0. The largest absolute Gasteiger partial charge is 0.462 e. The molecule has 1 heterocycles. The molecule has 0 aliphatic carbocycles. The number of H-pyrrole nitrogens is 1. The molecule has 0 atom stereocenters. The SMILES string of the molecule is CCOC(=O)c1cc(Sc2ncn[nH]2)c(F)cc1N. The highest BCUT2D eigenvalue weighted by molar-refractivity contribution is 7.99. The molecule has 0 radical (unpaired) electrons. The Hall–Kier alpha value is -2.09. The Labute approximate surface area is 112 Å². The predicted molar refractivity (Wildman–Crippen MR) is 67.3 cm³/mol. The van der Waals surface area contributed by atoms with Crippen LogP contribution >= 0.6 is 11.8 Å². The number of nitrogens with one attached hydrogen (secondary N) is 1. The summed E-state index contributed by atoms with van der Waals surface area (Å²) in [6, 6.07) is 2.43. The van der Waals surface area contributed by atoms with Gasteiger partial charge in [-0.3, -0.25) is 5.10 Å². The maximum absolute atomic E-state index is 13.8. The van der Waals surface area contributed by atoms with Gasteiger partial charge in [-0.2, -0.15) is 5.10 Å². The van der Waals surface area contributed by atoms with Crippen molar-refractivity contribution in [1.29, 1.82) is 0 Å². The Morgan fingerprint density at radius 1 is 1.58 bits per heavy atom. The minimum absolute atomic E-state index is 0.0397. The molecule has 3 N–H and O–H groups in total. The summed E-state index contributed by atoms with van der Waals surface area (Å²) in [5, 5.41) is 6.66. The zero-order valence-corrected chi connectivity index (χ0v) is 10.8. The minimum atomic E-state index is -0.584. The van der Waals surface area contributed by atoms with Crippen molar-refractivity contribution >= 4 is 23.4 Å². The molecule has 1 aromatic heterocycles. The van der Waals surface area contributed by atoms with E-state index in [1.165, 1.54) is 12.4 Å². The summed E-state index contributed by atoms with van der Waals surface area (Å²) in [7, 11) is 0. The smallest absolute Gasteiger partial charge is 0.340 e. The van der Waals surface area contributed by atoms with Crippen molar-refractivity contribution in [2.75, 3.05) is 12.3 Å². The number of nitrogens with two attached hydrogens (primary N) is 1. The molecule has 6 nitrogen and oxygen atoms in total. The normalized spacial score (nSPS) is 10.4. The molecule has 100 valence electrons. The van der Waals surface area contributed by atoms with Crippen LogP contribution in [0.25, 0.3) is 0 Å². The topological polar surface area (TPSA) is 93.9 Å². The third-order valence-electron chi connectivity index (χ3n) is 2.20. The van der Waals surface area contributed by atoms with E-state index >= 15 is 0 Å². The average molecular weight is 282 g/mol. The fourth-order valence-electron chi connectivity index (χ4n) is 1.38. The van der Waals surface area contributed by atoms with Crippen LogP contribution < -0.4 is 5.73 Å². The van der Waals surface area contributed by atoms with E-state index in [1.54, 1.807) is 6.92 Å². The number of carbonyl (C=O) groups is 1. The molecule has 19 heavy (non-hydrogen) atoms. The number of carbonyl (C=O) groups excluding carboxylic acids is 1. The van der Waals surface area contributed by atoms with Gasteiger partial charge in [-0.1, -0.05) is 0 Å². The van der Waals surface area contributed by atoms with Crippen LogP contribution in [0.15, 0.2) is 28.5 Å². The first-order valence-electron chi connectivity index (χ1n) is 5.41. The lowest BCUT2D eigenvalue weighted by molar-refractivity contribution is 0.0527. The first kappa shape index (κ1) is 13.3. The maximum Gasteiger partial charge on any atom is 0.340 e. The van der Waals surface area contributed by atoms with Crippen molar-refractivity contribution in [1.82, 2.24) is 15.2 Å². The number of hydrogen-bond acceptors (Lipinski definition) is 6. The van der Waals surface area contributed by atoms with Gasteiger partial charge in [0.2, 0.25) is 0 Å². The van der Waals surface area contributed by atoms with E-state index in [9.17, 15) is 9.18 Å². The van der Waals surface area contributed by atoms with E-state index in [4.69, 9.17) is 10.5 Å². The molecule has 1 aromatic carbocycles. The van der Waals surface area contributed by atoms with Gasteiger partial charge in [0.1, 0.15) is 12.1 Å². The van der Waals surface area contributed by atoms with E-state index in [0.29, 0.717) is 5.16 Å². The van der Waals surface area contributed by atoms with Crippen molar-refractivity contribution < 1.29 is 13.9 Å². The molecule has 8 heteroatoms. The quantitative estimate of drug-likeness (QED) is 0.656. The number of aromatic nitrogens is 3. The highest BCUT2D eigenvalue weighted by Gasteiger charge is 2.16. The van der Waals surface area contributed by atoms with Crippen LogP contribution in [0, 0.1) is 5.82 Å². The number of halogens is 1. The van der Waals surface area contributed by atoms with Crippen LogP contribution in [-0.2, 0) is 4.74 Å². The highest BCUT2D eigenvalue weighted by Crippen LogP contribution is 2.30. The molecule has 0 saturated heterocycles. The van der Waals surface area contributed by atoms with Gasteiger partial charge in [0.25, 0.3) is 0 Å². The Morgan fingerprint density at radius 3 is 3.00 bits per heavy atom. The Morgan fingerprint density at radius 2 is 2.37 bits per heavy atom. The van der Waals surface area contributed by atoms with Crippen molar-refractivity contribution in [3.05, 3.63) is 29.8 Å². The molecular formula is C11H11FN4O2S. The van der Waals surface area contributed by atoms with Gasteiger partial charge in [-0.25, -0.2) is 14.2 Å². The number of anilines is 1. The predicted octanol–water partition coefficient (Wildman–Crippen LogP) is 1.85. The van der Waals surface area contributed by atoms with E-state index in [-0.39, 0.29) is 22.8 Å². The number of nitrogen functional groups attached to an aromatic ring is 1. The first-order chi connectivity index (χ1) is 9.11. The Balaban J connectivity index is 2.33. The number of benzene rings is 1. The van der Waals surface area contributed by atoms with Gasteiger partial charge in [0.15, 0.2) is 5.16 Å². The van der Waals surface area contributed by atoms with Crippen LogP contribution in [0.1, 0.15) is 17.3 Å². The fraction of sp³-hybridized carbons (Fsp3) is 0.182. The number of esters is 1. The second-order valence-electron chi connectivity index (χ2n) is 3.48. The van der Waals surface area contributed by atoms with Gasteiger partial charge < -0.3 is 10.5 Å². The van der Waals surface area contributed by atoms with Gasteiger partial charge in [-0.05, 0) is 30.8 Å². The number of ether oxygens (including phenoxy) is 1.